The Hall–Kier alpha value is -4.69. The second-order valence-electron chi connectivity index (χ2n) is 11.2. The number of hydrogen-bond acceptors (Lipinski definition) is 9. The lowest BCUT2D eigenvalue weighted by atomic mass is 10.0. The van der Waals surface area contributed by atoms with E-state index in [0.29, 0.717) is 63.3 Å². The molecule has 2 N–H and O–H groups in total. The highest BCUT2D eigenvalue weighted by Crippen LogP contribution is 2.39. The normalized spacial score (nSPS) is 16.5. The van der Waals surface area contributed by atoms with Crippen molar-refractivity contribution in [2.45, 2.75) is 38.9 Å². The predicted molar refractivity (Wildman–Crippen MR) is 178 cm³/mol. The molecule has 2 fully saturated rings. The van der Waals surface area contributed by atoms with Gasteiger partial charge in [-0.3, -0.25) is 14.8 Å². The number of pyridine rings is 2. The number of fused-ring (bicyclic) bond motifs is 1. The fourth-order valence-corrected chi connectivity index (χ4v) is 5.83. The Labute approximate surface area is 272 Å². The summed E-state index contributed by atoms with van der Waals surface area (Å²) in [5.41, 5.74) is 4.35. The molecule has 1 atom stereocenters. The molecule has 0 radical (unpaired) electrons. The quantitative estimate of drug-likeness (QED) is 0.184. The zero-order valence-electron chi connectivity index (χ0n) is 25.6. The van der Waals surface area contributed by atoms with Gasteiger partial charge in [-0.25, -0.2) is 0 Å². The van der Waals surface area contributed by atoms with E-state index in [1.165, 1.54) is 6.20 Å². The summed E-state index contributed by atoms with van der Waals surface area (Å²) in [4.78, 5) is 24.6. The largest absolute Gasteiger partial charge is 0.486 e. The summed E-state index contributed by atoms with van der Waals surface area (Å²) < 4.78 is 17.7. The molecule has 4 heterocycles. The lowest BCUT2D eigenvalue weighted by molar-refractivity contribution is -0.112. The van der Waals surface area contributed by atoms with Crippen molar-refractivity contribution in [3.05, 3.63) is 88.9 Å². The van der Waals surface area contributed by atoms with Gasteiger partial charge in [0.15, 0.2) is 0 Å². The number of ether oxygens (including phenoxy) is 3. The minimum absolute atomic E-state index is 0.138. The zero-order valence-corrected chi connectivity index (χ0v) is 26.3. The summed E-state index contributed by atoms with van der Waals surface area (Å²) >= 11 is 6.59. The van der Waals surface area contributed by atoms with Crippen LogP contribution in [0.5, 0.6) is 11.5 Å². The number of nitrogens with zero attached hydrogens (tertiary/aromatic N) is 4. The number of anilines is 3. The number of carbonyl (C=O) groups is 1. The van der Waals surface area contributed by atoms with E-state index in [0.717, 1.165) is 50.2 Å². The molecule has 2 aromatic heterocycles. The Bertz CT molecular complexity index is 1780. The Morgan fingerprint density at radius 1 is 1.15 bits per heavy atom. The highest BCUT2D eigenvalue weighted by atomic mass is 35.5. The minimum atomic E-state index is -0.242. The van der Waals surface area contributed by atoms with Gasteiger partial charge in [-0.2, -0.15) is 5.26 Å². The van der Waals surface area contributed by atoms with Crippen LogP contribution in [0.1, 0.15) is 37.4 Å². The second-order valence-corrected chi connectivity index (χ2v) is 11.6. The van der Waals surface area contributed by atoms with E-state index < -0.39 is 0 Å². The highest BCUT2D eigenvalue weighted by molar-refractivity contribution is 6.32. The van der Waals surface area contributed by atoms with Crippen LogP contribution in [0.2, 0.25) is 5.02 Å². The Balaban J connectivity index is 1.30. The molecule has 2 aliphatic heterocycles. The van der Waals surface area contributed by atoms with Crippen LogP contribution < -0.4 is 20.1 Å². The van der Waals surface area contributed by atoms with Crippen molar-refractivity contribution in [3.63, 3.8) is 0 Å². The third-order valence-corrected chi connectivity index (χ3v) is 8.43. The molecule has 46 heavy (non-hydrogen) atoms. The number of rotatable bonds is 10. The highest BCUT2D eigenvalue weighted by Gasteiger charge is 2.23. The molecule has 1 unspecified atom stereocenters. The van der Waals surface area contributed by atoms with Crippen molar-refractivity contribution >= 4 is 45.5 Å². The Kier molecular flexibility index (Phi) is 9.94. The fraction of sp³-hybridized carbons (Fsp3) is 0.314. The van der Waals surface area contributed by atoms with Crippen LogP contribution in [0.4, 0.5) is 17.1 Å². The number of hydrogen-bond donors (Lipinski definition) is 2. The Morgan fingerprint density at radius 2 is 2.00 bits per heavy atom. The van der Waals surface area contributed by atoms with Crippen molar-refractivity contribution in [2.75, 3.05) is 43.5 Å². The molecule has 2 aromatic carbocycles. The van der Waals surface area contributed by atoms with Gasteiger partial charge in [-0.15, -0.1) is 0 Å². The van der Waals surface area contributed by atoms with Crippen LogP contribution in [-0.4, -0.2) is 59.7 Å². The lowest BCUT2D eigenvalue weighted by Gasteiger charge is -2.26. The first-order valence-electron chi connectivity index (χ1n) is 15.4. The van der Waals surface area contributed by atoms with Crippen LogP contribution in [0.3, 0.4) is 0 Å². The van der Waals surface area contributed by atoms with Gasteiger partial charge in [0.2, 0.25) is 5.91 Å². The van der Waals surface area contributed by atoms with Gasteiger partial charge in [0.25, 0.3) is 0 Å². The summed E-state index contributed by atoms with van der Waals surface area (Å²) in [6, 6.07) is 16.8. The first-order chi connectivity index (χ1) is 22.5. The van der Waals surface area contributed by atoms with Crippen molar-refractivity contribution < 1.29 is 19.0 Å². The lowest BCUT2D eigenvalue weighted by Crippen LogP contribution is -2.30. The monoisotopic (exact) mass is 638 g/mol. The number of amides is 1. The maximum Gasteiger partial charge on any atom is 0.248 e. The number of halogens is 1. The molecule has 10 nitrogen and oxygen atoms in total. The van der Waals surface area contributed by atoms with E-state index in [1.54, 1.807) is 30.5 Å². The van der Waals surface area contributed by atoms with E-state index in [1.807, 2.05) is 30.3 Å². The average Bonchev–Trinajstić information content (AvgIpc) is 3.59. The fourth-order valence-electron chi connectivity index (χ4n) is 5.59. The van der Waals surface area contributed by atoms with Crippen LogP contribution >= 0.6 is 11.6 Å². The summed E-state index contributed by atoms with van der Waals surface area (Å²) in [7, 11) is 0. The molecule has 6 rings (SSSR count). The van der Waals surface area contributed by atoms with Crippen molar-refractivity contribution in [3.8, 4) is 17.6 Å². The molecule has 2 saturated heterocycles. The standard InChI is InChI=1S/C35H35ClN6O4/c1-2-42-14-10-23(11-15-42)17-32(43)41-35-31(46-27-12-16-44-22-27)9-7-28-33(24(19-37)20-39-34(28)35)40-25-6-8-30(29(36)18-25)45-21-26-5-3-4-13-38-26/h3-9,13,17-18,20,27H,2,10-12,14-16,21-22H2,1H3,(H,39,40)(H,41,43). The maximum atomic E-state index is 13.4. The van der Waals surface area contributed by atoms with E-state index in [9.17, 15) is 10.1 Å². The van der Waals surface area contributed by atoms with E-state index in [-0.39, 0.29) is 18.6 Å². The zero-order chi connectivity index (χ0) is 31.9. The molecule has 4 aromatic rings. The van der Waals surface area contributed by atoms with Crippen LogP contribution in [-0.2, 0) is 16.1 Å². The molecular weight excluding hydrogens is 604 g/mol. The van der Waals surface area contributed by atoms with Gasteiger partial charge < -0.3 is 29.7 Å². The number of nitriles is 1. The molecule has 0 bridgehead atoms. The van der Waals surface area contributed by atoms with E-state index >= 15 is 0 Å². The summed E-state index contributed by atoms with van der Waals surface area (Å²) in [6.07, 6.45) is 7.22. The number of nitrogens with one attached hydrogen (secondary N) is 2. The van der Waals surface area contributed by atoms with Gasteiger partial charge in [-0.05, 0) is 61.9 Å². The van der Waals surface area contributed by atoms with Crippen molar-refractivity contribution in [2.24, 2.45) is 0 Å². The summed E-state index contributed by atoms with van der Waals surface area (Å²) in [5, 5.41) is 17.5. The number of benzene rings is 2. The van der Waals surface area contributed by atoms with Gasteiger partial charge in [0.1, 0.15) is 36.0 Å². The molecule has 0 aliphatic carbocycles. The first-order valence-corrected chi connectivity index (χ1v) is 15.8. The van der Waals surface area contributed by atoms with Crippen molar-refractivity contribution in [1.29, 1.82) is 5.26 Å². The molecular formula is C35H35ClN6O4. The van der Waals surface area contributed by atoms with E-state index in [2.05, 4.69) is 38.5 Å². The summed E-state index contributed by atoms with van der Waals surface area (Å²) in [5.74, 6) is 0.764. The number of likely N-dealkylation sites (tertiary alicyclic amines) is 1. The van der Waals surface area contributed by atoms with Crippen molar-refractivity contribution in [1.82, 2.24) is 14.9 Å². The van der Waals surface area contributed by atoms with Crippen LogP contribution in [0.15, 0.2) is 72.6 Å². The third kappa shape index (κ3) is 7.40. The van der Waals surface area contributed by atoms with Gasteiger partial charge >= 0.3 is 0 Å². The molecule has 11 heteroatoms. The molecule has 0 spiro atoms. The average molecular weight is 639 g/mol. The van der Waals surface area contributed by atoms with E-state index in [4.69, 9.17) is 25.8 Å². The van der Waals surface area contributed by atoms with Gasteiger partial charge in [0.05, 0.1) is 40.7 Å². The maximum absolute atomic E-state index is 13.4. The van der Waals surface area contributed by atoms with Gasteiger partial charge in [0, 0.05) is 49.1 Å². The number of carbonyl (C=O) groups excluding carboxylic acids is 1. The summed E-state index contributed by atoms with van der Waals surface area (Å²) in [6.45, 7) is 6.40. The number of aromatic nitrogens is 2. The van der Waals surface area contributed by atoms with Crippen LogP contribution in [0.25, 0.3) is 10.9 Å². The third-order valence-electron chi connectivity index (χ3n) is 8.13. The smallest absolute Gasteiger partial charge is 0.248 e. The molecule has 236 valence electrons. The molecule has 0 saturated carbocycles. The van der Waals surface area contributed by atoms with Crippen LogP contribution in [0, 0.1) is 11.3 Å². The Morgan fingerprint density at radius 3 is 2.72 bits per heavy atom. The first kappa shape index (κ1) is 31.3. The topological polar surface area (TPSA) is 122 Å². The second kappa shape index (κ2) is 14.6. The minimum Gasteiger partial charge on any atom is -0.486 e. The van der Waals surface area contributed by atoms with Gasteiger partial charge in [-0.1, -0.05) is 30.2 Å². The molecule has 2 aliphatic rings. The number of piperidine rings is 1. The molecule has 1 amide bonds. The SMILES string of the molecule is CCN1CCC(=CC(=O)Nc2c(OC3CCOC3)ccc3c(Nc4ccc(OCc5ccccn5)c(Cl)c4)c(C#N)cnc23)CC1. The predicted octanol–water partition coefficient (Wildman–Crippen LogP) is 6.63.